The van der Waals surface area contributed by atoms with E-state index in [1.54, 1.807) is 11.3 Å². The van der Waals surface area contributed by atoms with Crippen LogP contribution in [0.3, 0.4) is 0 Å². The van der Waals surface area contributed by atoms with Crippen molar-refractivity contribution in [1.82, 2.24) is 9.55 Å². The summed E-state index contributed by atoms with van der Waals surface area (Å²) in [6.07, 6.45) is 2.03. The lowest BCUT2D eigenvalue weighted by atomic mass is 9.88. The zero-order valence-electron chi connectivity index (χ0n) is 28.7. The van der Waals surface area contributed by atoms with Crippen molar-refractivity contribution in [3.05, 3.63) is 126 Å². The van der Waals surface area contributed by atoms with Gasteiger partial charge in [0.1, 0.15) is 16.8 Å². The number of pyridine rings is 1. The van der Waals surface area contributed by atoms with Crippen molar-refractivity contribution in [3.8, 4) is 28.2 Å². The molecule has 0 amide bonds. The third-order valence-electron chi connectivity index (χ3n) is 10.2. The lowest BCUT2D eigenvalue weighted by Crippen LogP contribution is -2.30. The zero-order valence-corrected chi connectivity index (χ0v) is 29.5. The second-order valence-electron chi connectivity index (χ2n) is 13.9. The molecule has 0 aliphatic rings. The molecule has 4 nitrogen and oxygen atoms in total. The molecule has 0 fully saturated rings. The summed E-state index contributed by atoms with van der Waals surface area (Å²) in [5.74, 6) is 1.69. The predicted octanol–water partition coefficient (Wildman–Crippen LogP) is 12.0. The van der Waals surface area contributed by atoms with Crippen molar-refractivity contribution in [2.75, 3.05) is 0 Å². The normalized spacial score (nSPS) is 12.2. The summed E-state index contributed by atoms with van der Waals surface area (Å²) in [5.41, 5.74) is 13.7. The van der Waals surface area contributed by atoms with E-state index in [0.29, 0.717) is 11.8 Å². The van der Waals surface area contributed by atoms with E-state index in [4.69, 9.17) is 9.40 Å². The number of furan rings is 1. The number of hydrogen-bond acceptors (Lipinski definition) is 3. The maximum Gasteiger partial charge on any atom is 0.299 e. The summed E-state index contributed by atoms with van der Waals surface area (Å²) in [5, 5.41) is 3.41. The Kier molecular flexibility index (Phi) is 6.79. The minimum atomic E-state index is 0.295. The lowest BCUT2D eigenvalue weighted by Gasteiger charge is -2.21. The number of fused-ring (bicyclic) bond motifs is 8. The molecule has 0 N–H and O–H groups in total. The first-order chi connectivity index (χ1) is 23.8. The second-order valence-corrected chi connectivity index (χ2v) is 15.0. The van der Waals surface area contributed by atoms with E-state index in [0.717, 1.165) is 49.1 Å². The van der Waals surface area contributed by atoms with E-state index >= 15 is 0 Å². The quantitative estimate of drug-likeness (QED) is 0.173. The molecule has 0 radical (unpaired) electrons. The molecule has 5 heteroatoms. The molecule has 9 aromatic rings. The first-order valence-electron chi connectivity index (χ1n) is 17.2. The number of imidazole rings is 1. The highest BCUT2D eigenvalue weighted by Gasteiger charge is 2.34. The van der Waals surface area contributed by atoms with Crippen LogP contribution < -0.4 is 4.57 Å². The van der Waals surface area contributed by atoms with Crippen molar-refractivity contribution < 1.29 is 8.98 Å². The number of para-hydroxylation sites is 2. The van der Waals surface area contributed by atoms with E-state index in [2.05, 4.69) is 154 Å². The Labute approximate surface area is 289 Å². The Morgan fingerprint density at radius 1 is 0.714 bits per heavy atom. The van der Waals surface area contributed by atoms with Gasteiger partial charge >= 0.3 is 0 Å². The molecule has 0 aliphatic carbocycles. The average Bonchev–Trinajstić information content (AvgIpc) is 3.77. The minimum absolute atomic E-state index is 0.295. The summed E-state index contributed by atoms with van der Waals surface area (Å²) < 4.78 is 14.3. The van der Waals surface area contributed by atoms with Gasteiger partial charge in [0, 0.05) is 38.2 Å². The molecule has 0 spiro atoms. The Morgan fingerprint density at radius 3 is 2.16 bits per heavy atom. The number of aryl methyl sites for hydroxylation is 2. The number of aromatic nitrogens is 3. The van der Waals surface area contributed by atoms with Crippen molar-refractivity contribution in [3.63, 3.8) is 0 Å². The van der Waals surface area contributed by atoms with Gasteiger partial charge in [-0.3, -0.25) is 4.98 Å². The highest BCUT2D eigenvalue weighted by Crippen LogP contribution is 2.45. The molecular formula is C44H38N3OS+. The van der Waals surface area contributed by atoms with Crippen LogP contribution in [0.15, 0.2) is 114 Å². The fourth-order valence-electron chi connectivity index (χ4n) is 7.73. The third kappa shape index (κ3) is 4.42. The van der Waals surface area contributed by atoms with Gasteiger partial charge in [-0.25, -0.2) is 4.57 Å². The summed E-state index contributed by atoms with van der Waals surface area (Å²) in [6.45, 7) is 11.5. The van der Waals surface area contributed by atoms with E-state index in [-0.39, 0.29) is 0 Å². The highest BCUT2D eigenvalue weighted by atomic mass is 32.1. The fourth-order valence-corrected chi connectivity index (χ4v) is 8.89. The first-order valence-corrected chi connectivity index (χ1v) is 18.0. The van der Waals surface area contributed by atoms with Crippen LogP contribution in [0, 0.1) is 6.92 Å². The maximum absolute atomic E-state index is 7.06. The maximum atomic E-state index is 7.06. The predicted molar refractivity (Wildman–Crippen MR) is 206 cm³/mol. The van der Waals surface area contributed by atoms with Gasteiger partial charge in [-0.05, 0) is 71.8 Å². The Balaban J connectivity index is 1.42. The molecule has 0 aliphatic heterocycles. The molecule has 5 aromatic carbocycles. The Hall–Kier alpha value is -5.26. The van der Waals surface area contributed by atoms with E-state index in [1.807, 2.05) is 6.20 Å². The first kappa shape index (κ1) is 29.8. The highest BCUT2D eigenvalue weighted by molar-refractivity contribution is 7.26. The average molecular weight is 657 g/mol. The third-order valence-corrected chi connectivity index (χ3v) is 11.4. The van der Waals surface area contributed by atoms with Crippen molar-refractivity contribution in [2.24, 2.45) is 7.05 Å². The van der Waals surface area contributed by atoms with Crippen LogP contribution in [0.25, 0.3) is 81.5 Å². The van der Waals surface area contributed by atoms with Gasteiger partial charge in [-0.15, -0.1) is 11.3 Å². The van der Waals surface area contributed by atoms with Crippen LogP contribution in [0.4, 0.5) is 0 Å². The lowest BCUT2D eigenvalue weighted by molar-refractivity contribution is -0.633. The summed E-state index contributed by atoms with van der Waals surface area (Å²) >= 11 is 1.78. The van der Waals surface area contributed by atoms with Crippen molar-refractivity contribution in [1.29, 1.82) is 0 Å². The molecule has 240 valence electrons. The number of thiophene rings is 1. The van der Waals surface area contributed by atoms with Crippen LogP contribution >= 0.6 is 11.3 Å². The number of nitrogens with zero attached hydrogens (tertiary/aromatic N) is 3. The Bertz CT molecular complexity index is 2710. The van der Waals surface area contributed by atoms with Gasteiger partial charge in [0.15, 0.2) is 22.2 Å². The summed E-state index contributed by atoms with van der Waals surface area (Å²) in [4.78, 5) is 5.04. The number of hydrogen-bond donors (Lipinski definition) is 0. The van der Waals surface area contributed by atoms with Crippen LogP contribution in [0.2, 0.25) is 0 Å². The Morgan fingerprint density at radius 2 is 1.41 bits per heavy atom. The van der Waals surface area contributed by atoms with Crippen LogP contribution in [0.5, 0.6) is 0 Å². The monoisotopic (exact) mass is 656 g/mol. The van der Waals surface area contributed by atoms with E-state index < -0.39 is 0 Å². The van der Waals surface area contributed by atoms with Gasteiger partial charge in [0.05, 0.1) is 11.7 Å². The fraction of sp³-hybridized carbons (Fsp3) is 0.182. The van der Waals surface area contributed by atoms with E-state index in [9.17, 15) is 0 Å². The molecule has 0 saturated heterocycles. The van der Waals surface area contributed by atoms with E-state index in [1.165, 1.54) is 49.1 Å². The molecule has 0 atom stereocenters. The number of rotatable bonds is 5. The molecule has 49 heavy (non-hydrogen) atoms. The van der Waals surface area contributed by atoms with Gasteiger partial charge in [-0.1, -0.05) is 94.4 Å². The molecule has 9 rings (SSSR count). The summed E-state index contributed by atoms with van der Waals surface area (Å²) in [6, 6.07) is 37.4. The smallest absolute Gasteiger partial charge is 0.299 e. The topological polar surface area (TPSA) is 34.8 Å². The SMILES string of the molecule is Cc1ccc2c(oc3c2ncc2c4ccccc4sc23)c1-c1n(-c2c(C(C)C)cc(-c3ccccc3)cc2C(C)C)c2ccccc2[n+]1C. The number of benzene rings is 5. The second kappa shape index (κ2) is 11.1. The van der Waals surface area contributed by atoms with Gasteiger partial charge in [-0.2, -0.15) is 4.57 Å². The molecule has 0 unspecified atom stereocenters. The van der Waals surface area contributed by atoms with Crippen LogP contribution in [-0.2, 0) is 7.05 Å². The van der Waals surface area contributed by atoms with Gasteiger partial charge in [0.25, 0.3) is 5.82 Å². The molecule has 0 bridgehead atoms. The van der Waals surface area contributed by atoms with Crippen LogP contribution in [0.1, 0.15) is 56.2 Å². The standard InChI is InChI=1S/C44H38N3OS/c1-25(2)32-22-29(28-14-8-7-9-15-28)23-33(26(3)4)40(32)47-36-18-12-11-17-35(36)46(6)44(47)38-27(5)20-21-31-39-42(48-41(31)38)43-34(24-45-39)30-16-10-13-19-37(30)49-43/h7-26H,1-6H3/q+1. The summed E-state index contributed by atoms with van der Waals surface area (Å²) in [7, 11) is 2.19. The largest absolute Gasteiger partial charge is 0.452 e. The minimum Gasteiger partial charge on any atom is -0.452 e. The molecular weight excluding hydrogens is 619 g/mol. The van der Waals surface area contributed by atoms with Crippen LogP contribution in [-0.4, -0.2) is 9.55 Å². The molecule has 0 saturated carbocycles. The molecule has 4 aromatic heterocycles. The van der Waals surface area contributed by atoms with Crippen molar-refractivity contribution in [2.45, 2.75) is 46.5 Å². The van der Waals surface area contributed by atoms with Gasteiger partial charge < -0.3 is 4.42 Å². The molecule has 4 heterocycles. The zero-order chi connectivity index (χ0) is 33.6. The van der Waals surface area contributed by atoms with Crippen molar-refractivity contribution >= 4 is 64.6 Å². The van der Waals surface area contributed by atoms with Gasteiger partial charge in [0.2, 0.25) is 0 Å².